The lowest BCUT2D eigenvalue weighted by Gasteiger charge is -2.28. The first-order valence-corrected chi connectivity index (χ1v) is 5.87. The van der Waals surface area contributed by atoms with Gasteiger partial charge < -0.3 is 9.80 Å². The number of hydrogen-bond acceptors (Lipinski definition) is 3. The Balaban J connectivity index is 0.00000108. The number of hydrogen-bond donors (Lipinski definition) is 0. The molecule has 0 bridgehead atoms. The predicted octanol–water partition coefficient (Wildman–Crippen LogP) is 2.48. The van der Waals surface area contributed by atoms with Gasteiger partial charge in [-0.2, -0.15) is 0 Å². The maximum Gasteiger partial charge on any atom is 0.197 e. The van der Waals surface area contributed by atoms with Crippen molar-refractivity contribution in [2.75, 3.05) is 20.1 Å². The quantitative estimate of drug-likeness (QED) is 0.674. The Morgan fingerprint density at radius 2 is 2.06 bits per heavy atom. The van der Waals surface area contributed by atoms with Crippen molar-refractivity contribution in [3.8, 4) is 0 Å². The lowest BCUT2D eigenvalue weighted by atomic mass is 10.1. The number of rotatable bonds is 0. The minimum atomic E-state index is 0. The van der Waals surface area contributed by atoms with Gasteiger partial charge in [-0.25, -0.2) is 0 Å². The zero-order chi connectivity index (χ0) is 11.1. The Labute approximate surface area is 120 Å². The number of nitrogens with zero attached hydrogens (tertiary/aromatic N) is 3. The molecule has 1 atom stereocenters. The Hall–Kier alpha value is -0.780. The number of benzene rings is 1. The van der Waals surface area contributed by atoms with Gasteiger partial charge in [0.05, 0.1) is 12.6 Å². The predicted molar refractivity (Wildman–Crippen MR) is 80.7 cm³/mol. The van der Waals surface area contributed by atoms with Crippen LogP contribution in [0.15, 0.2) is 29.3 Å². The summed E-state index contributed by atoms with van der Waals surface area (Å²) >= 11 is 0. The number of aliphatic imine (C=N–C) groups is 1. The van der Waals surface area contributed by atoms with Crippen LogP contribution in [0.5, 0.6) is 0 Å². The first kappa shape index (κ1) is 12.7. The number of halogens is 1. The smallest absolute Gasteiger partial charge is 0.197 e. The van der Waals surface area contributed by atoms with E-state index >= 15 is 0 Å². The summed E-state index contributed by atoms with van der Waals surface area (Å²) < 4.78 is 0. The van der Waals surface area contributed by atoms with Crippen LogP contribution in [0.3, 0.4) is 0 Å². The monoisotopic (exact) mass is 343 g/mol. The highest BCUT2D eigenvalue weighted by Gasteiger charge is 2.31. The van der Waals surface area contributed by atoms with Crippen LogP contribution in [0.1, 0.15) is 24.1 Å². The summed E-state index contributed by atoms with van der Waals surface area (Å²) in [4.78, 5) is 9.25. The van der Waals surface area contributed by atoms with Crippen LogP contribution in [-0.2, 0) is 6.54 Å². The van der Waals surface area contributed by atoms with Crippen molar-refractivity contribution in [2.45, 2.75) is 19.5 Å². The second kappa shape index (κ2) is 4.84. The van der Waals surface area contributed by atoms with Crippen LogP contribution < -0.4 is 0 Å². The Bertz CT molecular complexity index is 444. The molecule has 0 saturated heterocycles. The maximum atomic E-state index is 4.60. The molecule has 17 heavy (non-hydrogen) atoms. The van der Waals surface area contributed by atoms with Crippen LogP contribution in [0.4, 0.5) is 0 Å². The minimum absolute atomic E-state index is 0. The summed E-state index contributed by atoms with van der Waals surface area (Å²) in [5, 5.41) is 0. The van der Waals surface area contributed by atoms with Gasteiger partial charge >= 0.3 is 0 Å². The molecule has 92 valence electrons. The van der Waals surface area contributed by atoms with E-state index in [4.69, 9.17) is 0 Å². The van der Waals surface area contributed by atoms with E-state index in [0.717, 1.165) is 25.6 Å². The molecule has 3 nitrogen and oxygen atoms in total. The van der Waals surface area contributed by atoms with Gasteiger partial charge in [0, 0.05) is 20.1 Å². The molecule has 1 aromatic carbocycles. The van der Waals surface area contributed by atoms with Gasteiger partial charge in [-0.3, -0.25) is 4.99 Å². The molecule has 0 amide bonds. The van der Waals surface area contributed by atoms with Crippen molar-refractivity contribution in [2.24, 2.45) is 4.99 Å². The fourth-order valence-electron chi connectivity index (χ4n) is 2.65. The minimum Gasteiger partial charge on any atom is -0.344 e. The zero-order valence-corrected chi connectivity index (χ0v) is 12.6. The van der Waals surface area contributed by atoms with Gasteiger partial charge in [-0.1, -0.05) is 24.3 Å². The highest BCUT2D eigenvalue weighted by molar-refractivity contribution is 14.0. The van der Waals surface area contributed by atoms with Crippen molar-refractivity contribution in [3.05, 3.63) is 35.4 Å². The maximum absolute atomic E-state index is 4.60. The molecule has 0 spiro atoms. The van der Waals surface area contributed by atoms with Crippen LogP contribution in [0, 0.1) is 0 Å². The van der Waals surface area contributed by atoms with E-state index < -0.39 is 0 Å². The zero-order valence-electron chi connectivity index (χ0n) is 10.3. The molecule has 2 heterocycles. The number of fused-ring (bicyclic) bond motifs is 1. The summed E-state index contributed by atoms with van der Waals surface area (Å²) in [6, 6.07) is 9.15. The van der Waals surface area contributed by atoms with E-state index in [9.17, 15) is 0 Å². The average molecular weight is 343 g/mol. The molecule has 0 aromatic heterocycles. The van der Waals surface area contributed by atoms with Gasteiger partial charge in [0.2, 0.25) is 0 Å². The second-order valence-electron chi connectivity index (χ2n) is 4.61. The highest BCUT2D eigenvalue weighted by Crippen LogP contribution is 2.34. The molecule has 0 fully saturated rings. The molecule has 2 aliphatic heterocycles. The van der Waals surface area contributed by atoms with Crippen molar-refractivity contribution < 1.29 is 0 Å². The third kappa shape index (κ3) is 2.03. The van der Waals surface area contributed by atoms with Gasteiger partial charge in [0.25, 0.3) is 0 Å². The van der Waals surface area contributed by atoms with Crippen LogP contribution in [0.2, 0.25) is 0 Å². The van der Waals surface area contributed by atoms with Crippen molar-refractivity contribution >= 4 is 29.9 Å². The fraction of sp³-hybridized carbons (Fsp3) is 0.462. The SMILES string of the molecule is CC1c2ccccc2CN1C1=NCCN1C.I. The Morgan fingerprint density at radius 3 is 2.71 bits per heavy atom. The van der Waals surface area contributed by atoms with Gasteiger partial charge in [0.15, 0.2) is 5.96 Å². The van der Waals surface area contributed by atoms with E-state index in [0.29, 0.717) is 6.04 Å². The third-order valence-electron chi connectivity index (χ3n) is 3.60. The van der Waals surface area contributed by atoms with Crippen molar-refractivity contribution in [1.82, 2.24) is 9.80 Å². The summed E-state index contributed by atoms with van der Waals surface area (Å²) in [5.74, 6) is 1.16. The Morgan fingerprint density at radius 1 is 1.29 bits per heavy atom. The molecular weight excluding hydrogens is 325 g/mol. The molecule has 0 aliphatic carbocycles. The van der Waals surface area contributed by atoms with Gasteiger partial charge in [-0.05, 0) is 18.1 Å². The van der Waals surface area contributed by atoms with Crippen molar-refractivity contribution in [1.29, 1.82) is 0 Å². The van der Waals surface area contributed by atoms with Crippen molar-refractivity contribution in [3.63, 3.8) is 0 Å². The lowest BCUT2D eigenvalue weighted by Crippen LogP contribution is -2.38. The standard InChI is InChI=1S/C13H17N3.HI/c1-10-12-6-4-3-5-11(12)9-16(10)13-14-7-8-15(13)2;/h3-6,10H,7-9H2,1-2H3;1H. The highest BCUT2D eigenvalue weighted by atomic mass is 127. The average Bonchev–Trinajstić information content (AvgIpc) is 2.84. The summed E-state index contributed by atoms with van der Waals surface area (Å²) in [7, 11) is 2.13. The molecule has 1 unspecified atom stereocenters. The van der Waals surface area contributed by atoms with E-state index in [2.05, 4.69) is 53.0 Å². The first-order valence-electron chi connectivity index (χ1n) is 5.87. The summed E-state index contributed by atoms with van der Waals surface area (Å²) in [6.45, 7) is 5.25. The molecule has 0 radical (unpaired) electrons. The molecule has 3 rings (SSSR count). The van der Waals surface area contributed by atoms with E-state index in [1.54, 1.807) is 0 Å². The van der Waals surface area contributed by atoms with E-state index in [1.165, 1.54) is 11.1 Å². The fourth-order valence-corrected chi connectivity index (χ4v) is 2.65. The topological polar surface area (TPSA) is 18.8 Å². The first-order chi connectivity index (χ1) is 7.77. The van der Waals surface area contributed by atoms with E-state index in [1.807, 2.05) is 0 Å². The van der Waals surface area contributed by atoms with Crippen LogP contribution >= 0.6 is 24.0 Å². The van der Waals surface area contributed by atoms with Gasteiger partial charge in [0.1, 0.15) is 0 Å². The third-order valence-corrected chi connectivity index (χ3v) is 3.60. The number of likely N-dealkylation sites (N-methyl/N-ethyl adjacent to an activating group) is 1. The Kier molecular flexibility index (Phi) is 3.61. The lowest BCUT2D eigenvalue weighted by molar-refractivity contribution is 0.323. The normalized spacial score (nSPS) is 22.2. The number of guanidine groups is 1. The summed E-state index contributed by atoms with van der Waals surface area (Å²) in [6.07, 6.45) is 0. The van der Waals surface area contributed by atoms with Gasteiger partial charge in [-0.15, -0.1) is 24.0 Å². The molecule has 0 N–H and O–H groups in total. The largest absolute Gasteiger partial charge is 0.344 e. The second-order valence-corrected chi connectivity index (χ2v) is 4.61. The molecule has 4 heteroatoms. The van der Waals surface area contributed by atoms with Crippen LogP contribution in [-0.4, -0.2) is 35.9 Å². The van der Waals surface area contributed by atoms with Crippen LogP contribution in [0.25, 0.3) is 0 Å². The molecule has 1 aromatic rings. The van der Waals surface area contributed by atoms with E-state index in [-0.39, 0.29) is 24.0 Å². The summed E-state index contributed by atoms with van der Waals surface area (Å²) in [5.41, 5.74) is 2.89. The molecule has 0 saturated carbocycles. The molecule has 2 aliphatic rings. The molecular formula is C13H18IN3.